The van der Waals surface area contributed by atoms with E-state index in [2.05, 4.69) is 0 Å². The van der Waals surface area contributed by atoms with Crippen molar-refractivity contribution in [1.82, 2.24) is 9.80 Å². The number of halogens is 8. The smallest absolute Gasteiger partial charge is 0.383 e. The number of rotatable bonds is 5. The van der Waals surface area contributed by atoms with E-state index in [1.807, 2.05) is 25.1 Å². The fourth-order valence-corrected chi connectivity index (χ4v) is 1.07. The van der Waals surface area contributed by atoms with Crippen molar-refractivity contribution in [3.8, 4) is 12.1 Å². The van der Waals surface area contributed by atoms with Gasteiger partial charge in [0.1, 0.15) is 11.6 Å². The molecular weight excluding hydrogens is 500 g/mol. The van der Waals surface area contributed by atoms with Gasteiger partial charge in [-0.15, -0.1) is 24.0 Å². The summed E-state index contributed by atoms with van der Waals surface area (Å²) in [5.41, 5.74) is -1.51. The Bertz CT molecular complexity index is 629. The molecule has 0 N–H and O–H groups in total. The molecule has 5 nitrogen and oxygen atoms in total. The first-order valence-electron chi connectivity index (χ1n) is 6.44. The van der Waals surface area contributed by atoms with E-state index in [0.717, 1.165) is 25.1 Å². The summed E-state index contributed by atoms with van der Waals surface area (Å²) in [6, 6.07) is 2.73. The number of nitrogens with zero attached hydrogens (tertiary/aromatic N) is 4. The molecule has 0 bridgehead atoms. The van der Waals surface area contributed by atoms with Crippen molar-refractivity contribution in [2.24, 2.45) is 0 Å². The SMILES string of the molecule is CN(C)/C=C(/C#N)C(=O)C(F)(F)C(F)(F)C(F)(F)F.CN(C)/C=C\C#N.I. The zero-order chi connectivity index (χ0) is 21.3. The Morgan fingerprint density at radius 1 is 0.926 bits per heavy atom. The van der Waals surface area contributed by atoms with Gasteiger partial charge in [0.15, 0.2) is 0 Å². The summed E-state index contributed by atoms with van der Waals surface area (Å²) in [5.74, 6) is -15.5. The molecule has 0 heterocycles. The molecule has 13 heteroatoms. The zero-order valence-corrected chi connectivity index (χ0v) is 16.8. The van der Waals surface area contributed by atoms with Gasteiger partial charge in [-0.2, -0.15) is 41.3 Å². The van der Waals surface area contributed by atoms with Crippen LogP contribution in [0, 0.1) is 22.7 Å². The minimum atomic E-state index is -6.62. The van der Waals surface area contributed by atoms with Crippen LogP contribution < -0.4 is 0 Å². The van der Waals surface area contributed by atoms with Crippen LogP contribution in [0.4, 0.5) is 30.7 Å². The highest BCUT2D eigenvalue weighted by Crippen LogP contribution is 2.47. The molecule has 0 spiro atoms. The molecule has 154 valence electrons. The summed E-state index contributed by atoms with van der Waals surface area (Å²) in [6.07, 6.45) is -3.08. The number of carbonyl (C=O) groups is 1. The van der Waals surface area contributed by atoms with Gasteiger partial charge in [0.2, 0.25) is 0 Å². The van der Waals surface area contributed by atoms with E-state index >= 15 is 0 Å². The Morgan fingerprint density at radius 2 is 1.37 bits per heavy atom. The van der Waals surface area contributed by atoms with Crippen molar-refractivity contribution in [3.63, 3.8) is 0 Å². The molecule has 0 aliphatic rings. The van der Waals surface area contributed by atoms with E-state index in [1.165, 1.54) is 6.08 Å². The minimum absolute atomic E-state index is 0. The fourth-order valence-electron chi connectivity index (χ4n) is 1.07. The second-order valence-corrected chi connectivity index (χ2v) is 5.00. The maximum atomic E-state index is 12.9. The molecule has 0 aromatic rings. The van der Waals surface area contributed by atoms with Crippen LogP contribution in [0.3, 0.4) is 0 Å². The van der Waals surface area contributed by atoms with E-state index < -0.39 is 29.4 Å². The zero-order valence-electron chi connectivity index (χ0n) is 14.5. The number of hydrogen-bond donors (Lipinski definition) is 0. The first kappa shape index (κ1) is 29.7. The topological polar surface area (TPSA) is 71.1 Å². The number of carbonyl (C=O) groups excluding carboxylic acids is 1. The maximum Gasteiger partial charge on any atom is 0.460 e. The van der Waals surface area contributed by atoms with E-state index in [4.69, 9.17) is 10.5 Å². The quantitative estimate of drug-likeness (QED) is 0.242. The second kappa shape index (κ2) is 11.6. The molecule has 0 fully saturated rings. The molecule has 0 aromatic heterocycles. The van der Waals surface area contributed by atoms with Gasteiger partial charge in [0, 0.05) is 46.7 Å². The van der Waals surface area contributed by atoms with E-state index in [9.17, 15) is 35.5 Å². The molecule has 0 aliphatic heterocycles. The summed E-state index contributed by atoms with van der Waals surface area (Å²) >= 11 is 0. The van der Waals surface area contributed by atoms with E-state index in [-0.39, 0.29) is 24.0 Å². The fraction of sp³-hybridized carbons (Fsp3) is 0.500. The van der Waals surface area contributed by atoms with Gasteiger partial charge >= 0.3 is 18.0 Å². The van der Waals surface area contributed by atoms with Crippen LogP contribution in [-0.2, 0) is 4.79 Å². The number of Topliss-reactive ketones (excluding diaryl/α,β-unsaturated/α-hetero) is 1. The van der Waals surface area contributed by atoms with Crippen LogP contribution in [0.25, 0.3) is 0 Å². The molecule has 0 saturated carbocycles. The third-order valence-electron chi connectivity index (χ3n) is 2.24. The molecule has 0 rings (SSSR count). The molecule has 0 atom stereocenters. The molecule has 27 heavy (non-hydrogen) atoms. The average molecular weight is 516 g/mol. The molecule has 0 aromatic carbocycles. The van der Waals surface area contributed by atoms with Gasteiger partial charge in [-0.25, -0.2) is 0 Å². The van der Waals surface area contributed by atoms with Crippen LogP contribution in [-0.4, -0.2) is 61.8 Å². The minimum Gasteiger partial charge on any atom is -0.383 e. The second-order valence-electron chi connectivity index (χ2n) is 5.00. The highest BCUT2D eigenvalue weighted by molar-refractivity contribution is 14.0. The lowest BCUT2D eigenvalue weighted by Gasteiger charge is -2.26. The number of ketones is 1. The van der Waals surface area contributed by atoms with Gasteiger partial charge in [0.05, 0.1) is 6.07 Å². The summed E-state index contributed by atoms with van der Waals surface area (Å²) in [5, 5.41) is 16.3. The first-order valence-corrected chi connectivity index (χ1v) is 6.44. The monoisotopic (exact) mass is 516 g/mol. The van der Waals surface area contributed by atoms with Crippen LogP contribution in [0.2, 0.25) is 0 Å². The lowest BCUT2D eigenvalue weighted by Crippen LogP contribution is -2.56. The summed E-state index contributed by atoms with van der Waals surface area (Å²) in [6.45, 7) is 0. The Labute approximate surface area is 168 Å². The molecule has 0 aliphatic carbocycles. The molecule has 0 unspecified atom stereocenters. The third kappa shape index (κ3) is 8.94. The Morgan fingerprint density at radius 3 is 1.59 bits per heavy atom. The van der Waals surface area contributed by atoms with Crippen molar-refractivity contribution in [3.05, 3.63) is 24.0 Å². The summed E-state index contributed by atoms with van der Waals surface area (Å²) < 4.78 is 86.5. The predicted molar refractivity (Wildman–Crippen MR) is 92.2 cm³/mol. The van der Waals surface area contributed by atoms with Gasteiger partial charge in [-0.05, 0) is 0 Å². The first-order chi connectivity index (χ1) is 11.6. The highest BCUT2D eigenvalue weighted by Gasteiger charge is 2.76. The largest absolute Gasteiger partial charge is 0.460 e. The van der Waals surface area contributed by atoms with E-state index in [1.54, 1.807) is 6.20 Å². The highest BCUT2D eigenvalue weighted by atomic mass is 127. The van der Waals surface area contributed by atoms with Crippen LogP contribution >= 0.6 is 24.0 Å². The van der Waals surface area contributed by atoms with Crippen molar-refractivity contribution < 1.29 is 35.5 Å². The maximum absolute atomic E-state index is 12.9. The lowest BCUT2D eigenvalue weighted by atomic mass is 10.0. The van der Waals surface area contributed by atoms with Crippen molar-refractivity contribution in [2.75, 3.05) is 28.2 Å². The number of nitriles is 2. The third-order valence-corrected chi connectivity index (χ3v) is 2.24. The van der Waals surface area contributed by atoms with Crippen molar-refractivity contribution in [2.45, 2.75) is 18.0 Å². The van der Waals surface area contributed by atoms with Crippen LogP contribution in [0.1, 0.15) is 0 Å². The number of alkyl halides is 7. The lowest BCUT2D eigenvalue weighted by molar-refractivity contribution is -0.342. The van der Waals surface area contributed by atoms with Gasteiger partial charge in [-0.1, -0.05) is 0 Å². The van der Waals surface area contributed by atoms with E-state index in [0.29, 0.717) is 6.20 Å². The number of allylic oxidation sites excluding steroid dienone is 2. The molecular formula is C14H16F7IN4O. The van der Waals surface area contributed by atoms with Gasteiger partial charge < -0.3 is 9.80 Å². The standard InChI is InChI=1S/C9H7F7N2O.C5H8N2.HI/c1-18(2)4-5(3-17)6(19)7(10,11)8(12,13)9(14,15)16;1-7(2)5-3-4-6;/h4H,1-2H3;3,5H,1-2H3;1H/b5-4-;5-3-;. The van der Waals surface area contributed by atoms with Crippen LogP contribution in [0.5, 0.6) is 0 Å². The van der Waals surface area contributed by atoms with Crippen molar-refractivity contribution >= 4 is 29.8 Å². The summed E-state index contributed by atoms with van der Waals surface area (Å²) in [4.78, 5) is 13.7. The normalized spacial score (nSPS) is 12.1. The molecule has 0 saturated heterocycles. The molecule has 0 amide bonds. The number of hydrogen-bond acceptors (Lipinski definition) is 5. The van der Waals surface area contributed by atoms with Crippen molar-refractivity contribution in [1.29, 1.82) is 10.5 Å². The Kier molecular flexibility index (Phi) is 12.8. The van der Waals surface area contributed by atoms with Crippen LogP contribution in [0.15, 0.2) is 24.0 Å². The predicted octanol–water partition coefficient (Wildman–Crippen LogP) is 3.56. The van der Waals surface area contributed by atoms with Gasteiger partial charge in [0.25, 0.3) is 5.78 Å². The molecule has 0 radical (unpaired) electrons. The Hall–Kier alpha value is -2.03. The summed E-state index contributed by atoms with van der Waals surface area (Å²) in [7, 11) is 6.05. The Balaban J connectivity index is -0.000000612. The average Bonchev–Trinajstić information content (AvgIpc) is 2.48. The van der Waals surface area contributed by atoms with Gasteiger partial charge in [-0.3, -0.25) is 4.79 Å².